The summed E-state index contributed by atoms with van der Waals surface area (Å²) in [6.07, 6.45) is 0. The lowest BCUT2D eigenvalue weighted by atomic mass is 9.97. The number of aromatic amines is 1. The van der Waals surface area contributed by atoms with Crippen molar-refractivity contribution >= 4 is 17.0 Å². The minimum atomic E-state index is -0.972. The van der Waals surface area contributed by atoms with Crippen LogP contribution < -0.4 is 0 Å². The number of aromatic nitrogens is 2. The molecule has 35 heavy (non-hydrogen) atoms. The van der Waals surface area contributed by atoms with Crippen molar-refractivity contribution in [2.24, 2.45) is 11.8 Å². The largest absolute Gasteiger partial charge is 0.478 e. The van der Waals surface area contributed by atoms with Gasteiger partial charge in [0.25, 0.3) is 0 Å². The van der Waals surface area contributed by atoms with Gasteiger partial charge in [0, 0.05) is 19.6 Å². The van der Waals surface area contributed by atoms with Gasteiger partial charge in [-0.05, 0) is 64.8 Å². The number of imidazole rings is 1. The van der Waals surface area contributed by atoms with Gasteiger partial charge in [0.1, 0.15) is 11.3 Å². The molecular formula is C30H35N3O2. The molecule has 0 atom stereocenters. The van der Waals surface area contributed by atoms with Gasteiger partial charge in [-0.1, -0.05) is 70.2 Å². The van der Waals surface area contributed by atoms with Gasteiger partial charge in [-0.2, -0.15) is 0 Å². The second-order valence-corrected chi connectivity index (χ2v) is 10.3. The molecule has 0 radical (unpaired) electrons. The molecule has 5 nitrogen and oxygen atoms in total. The van der Waals surface area contributed by atoms with Crippen molar-refractivity contribution in [1.29, 1.82) is 0 Å². The van der Waals surface area contributed by atoms with Crippen molar-refractivity contribution in [2.45, 2.75) is 41.2 Å². The Morgan fingerprint density at radius 2 is 1.51 bits per heavy atom. The Bertz CT molecular complexity index is 1310. The van der Waals surface area contributed by atoms with E-state index in [-0.39, 0.29) is 5.56 Å². The van der Waals surface area contributed by atoms with Crippen molar-refractivity contribution in [3.05, 3.63) is 77.6 Å². The van der Waals surface area contributed by atoms with Gasteiger partial charge in [-0.15, -0.1) is 0 Å². The van der Waals surface area contributed by atoms with Crippen LogP contribution in [0.25, 0.3) is 33.3 Å². The van der Waals surface area contributed by atoms with Crippen LogP contribution in [0.1, 0.15) is 49.4 Å². The predicted octanol–water partition coefficient (Wildman–Crippen LogP) is 7.02. The highest BCUT2D eigenvalue weighted by Gasteiger charge is 2.15. The van der Waals surface area contributed by atoms with E-state index >= 15 is 0 Å². The number of nitrogens with one attached hydrogen (secondary N) is 1. The Balaban J connectivity index is 1.59. The quantitative estimate of drug-likeness (QED) is 0.276. The standard InChI is InChI=1S/C30H35N3O2/c1-19(2)16-33(17-20(3)4)18-22-7-6-8-25(13-22)23-9-11-24(12-10-23)26-14-27(30(34)35)29-28(15-26)31-21(5)32-29/h6-15,19-20H,16-18H2,1-5H3,(H,31,32)(H,34,35). The molecule has 1 aromatic heterocycles. The van der Waals surface area contributed by atoms with Crippen molar-refractivity contribution in [1.82, 2.24) is 14.9 Å². The molecule has 0 unspecified atom stereocenters. The molecule has 2 N–H and O–H groups in total. The van der Waals surface area contributed by atoms with E-state index in [1.54, 1.807) is 6.07 Å². The van der Waals surface area contributed by atoms with Crippen molar-refractivity contribution in [3.63, 3.8) is 0 Å². The zero-order valence-corrected chi connectivity index (χ0v) is 21.3. The highest BCUT2D eigenvalue weighted by Crippen LogP contribution is 2.29. The molecule has 0 saturated carbocycles. The smallest absolute Gasteiger partial charge is 0.337 e. The maximum atomic E-state index is 11.8. The molecule has 3 aromatic carbocycles. The van der Waals surface area contributed by atoms with Gasteiger partial charge in [0.15, 0.2) is 0 Å². The second-order valence-electron chi connectivity index (χ2n) is 10.3. The molecular weight excluding hydrogens is 434 g/mol. The Morgan fingerprint density at radius 1 is 0.886 bits per heavy atom. The normalized spacial score (nSPS) is 11.8. The summed E-state index contributed by atoms with van der Waals surface area (Å²) < 4.78 is 0. The van der Waals surface area contributed by atoms with Crippen LogP contribution in [0.2, 0.25) is 0 Å². The SMILES string of the molecule is Cc1nc2c(C(=O)O)cc(-c3ccc(-c4cccc(CN(CC(C)C)CC(C)C)c4)cc3)cc2[nH]1. The molecule has 1 heterocycles. The molecule has 0 spiro atoms. The third kappa shape index (κ3) is 5.98. The number of nitrogens with zero attached hydrogens (tertiary/aromatic N) is 2. The van der Waals surface area contributed by atoms with Crippen molar-refractivity contribution < 1.29 is 9.90 Å². The molecule has 5 heteroatoms. The van der Waals surface area contributed by atoms with Gasteiger partial charge < -0.3 is 10.1 Å². The van der Waals surface area contributed by atoms with Gasteiger partial charge in [-0.3, -0.25) is 4.90 Å². The van der Waals surface area contributed by atoms with Crippen LogP contribution in [0.5, 0.6) is 0 Å². The minimum absolute atomic E-state index is 0.214. The van der Waals surface area contributed by atoms with E-state index in [1.165, 1.54) is 11.1 Å². The fraction of sp³-hybridized carbons (Fsp3) is 0.333. The van der Waals surface area contributed by atoms with Gasteiger partial charge in [0.2, 0.25) is 0 Å². The molecule has 4 rings (SSSR count). The first-order valence-corrected chi connectivity index (χ1v) is 12.4. The first kappa shape index (κ1) is 24.7. The summed E-state index contributed by atoms with van der Waals surface area (Å²) in [5.41, 5.74) is 6.93. The number of aryl methyl sites for hydroxylation is 1. The summed E-state index contributed by atoms with van der Waals surface area (Å²) >= 11 is 0. The second kappa shape index (κ2) is 10.4. The summed E-state index contributed by atoms with van der Waals surface area (Å²) in [6.45, 7) is 14.1. The Morgan fingerprint density at radius 3 is 2.11 bits per heavy atom. The maximum Gasteiger partial charge on any atom is 0.337 e. The van der Waals surface area contributed by atoms with E-state index in [0.29, 0.717) is 23.2 Å². The lowest BCUT2D eigenvalue weighted by Crippen LogP contribution is -2.30. The highest BCUT2D eigenvalue weighted by molar-refractivity contribution is 6.03. The van der Waals surface area contributed by atoms with E-state index in [4.69, 9.17) is 0 Å². The van der Waals surface area contributed by atoms with Crippen LogP contribution in [-0.2, 0) is 6.54 Å². The number of fused-ring (bicyclic) bond motifs is 1. The van der Waals surface area contributed by atoms with E-state index in [2.05, 4.69) is 91.1 Å². The number of carboxylic acids is 1. The van der Waals surface area contributed by atoms with Gasteiger partial charge in [-0.25, -0.2) is 9.78 Å². The van der Waals surface area contributed by atoms with Gasteiger partial charge >= 0.3 is 5.97 Å². The first-order chi connectivity index (χ1) is 16.7. The monoisotopic (exact) mass is 469 g/mol. The first-order valence-electron chi connectivity index (χ1n) is 12.4. The topological polar surface area (TPSA) is 69.2 Å². The number of hydrogen-bond donors (Lipinski definition) is 2. The summed E-state index contributed by atoms with van der Waals surface area (Å²) in [6, 6.07) is 20.8. The van der Waals surface area contributed by atoms with Crippen LogP contribution in [0.4, 0.5) is 0 Å². The average Bonchev–Trinajstić information content (AvgIpc) is 3.17. The molecule has 0 bridgehead atoms. The minimum Gasteiger partial charge on any atom is -0.478 e. The van der Waals surface area contributed by atoms with Gasteiger partial charge in [0.05, 0.1) is 11.1 Å². The van der Waals surface area contributed by atoms with Crippen molar-refractivity contribution in [2.75, 3.05) is 13.1 Å². The molecule has 0 amide bonds. The maximum absolute atomic E-state index is 11.8. The zero-order chi connectivity index (χ0) is 25.1. The molecule has 0 fully saturated rings. The Kier molecular flexibility index (Phi) is 7.37. The molecule has 0 saturated heterocycles. The number of carbonyl (C=O) groups is 1. The number of aromatic carboxylic acids is 1. The van der Waals surface area contributed by atoms with E-state index in [0.717, 1.165) is 41.8 Å². The Labute approximate surface area is 207 Å². The van der Waals surface area contributed by atoms with Crippen LogP contribution in [-0.4, -0.2) is 39.0 Å². The van der Waals surface area contributed by atoms with Crippen LogP contribution in [0, 0.1) is 18.8 Å². The lowest BCUT2D eigenvalue weighted by molar-refractivity contribution is 0.0699. The number of rotatable bonds is 9. The number of H-pyrrole nitrogens is 1. The highest BCUT2D eigenvalue weighted by atomic mass is 16.4. The predicted molar refractivity (Wildman–Crippen MR) is 144 cm³/mol. The van der Waals surface area contributed by atoms with E-state index in [1.807, 2.05) is 13.0 Å². The molecule has 4 aromatic rings. The van der Waals surface area contributed by atoms with Crippen LogP contribution >= 0.6 is 0 Å². The summed E-state index contributed by atoms with van der Waals surface area (Å²) in [5.74, 6) is 1.00. The Hall–Kier alpha value is -3.44. The van der Waals surface area contributed by atoms with Crippen LogP contribution in [0.15, 0.2) is 60.7 Å². The third-order valence-corrected chi connectivity index (χ3v) is 6.07. The van der Waals surface area contributed by atoms with E-state index < -0.39 is 5.97 Å². The number of carboxylic acid groups (broad SMARTS) is 1. The molecule has 0 aliphatic heterocycles. The summed E-state index contributed by atoms with van der Waals surface area (Å²) in [7, 11) is 0. The molecule has 0 aliphatic carbocycles. The summed E-state index contributed by atoms with van der Waals surface area (Å²) in [5, 5.41) is 9.68. The third-order valence-electron chi connectivity index (χ3n) is 6.07. The number of hydrogen-bond acceptors (Lipinski definition) is 3. The fourth-order valence-corrected chi connectivity index (χ4v) is 4.77. The zero-order valence-electron chi connectivity index (χ0n) is 21.3. The van der Waals surface area contributed by atoms with Crippen LogP contribution in [0.3, 0.4) is 0 Å². The van der Waals surface area contributed by atoms with Crippen molar-refractivity contribution in [3.8, 4) is 22.3 Å². The van der Waals surface area contributed by atoms with E-state index in [9.17, 15) is 9.90 Å². The molecule has 0 aliphatic rings. The number of benzene rings is 3. The molecule has 182 valence electrons. The fourth-order valence-electron chi connectivity index (χ4n) is 4.77. The average molecular weight is 470 g/mol. The lowest BCUT2D eigenvalue weighted by Gasteiger charge is -2.26. The summed E-state index contributed by atoms with van der Waals surface area (Å²) in [4.78, 5) is 21.9.